The van der Waals surface area contributed by atoms with Gasteiger partial charge in [-0.15, -0.1) is 0 Å². The average Bonchev–Trinajstić information content (AvgIpc) is 2.97. The first-order chi connectivity index (χ1) is 11.9. The first-order valence-electron chi connectivity index (χ1n) is 8.35. The minimum absolute atomic E-state index is 0.00389. The summed E-state index contributed by atoms with van der Waals surface area (Å²) < 4.78 is 24.4. The molecule has 3 rings (SSSR count). The number of sulfonamides is 1. The van der Waals surface area contributed by atoms with Crippen molar-refractivity contribution in [3.63, 3.8) is 0 Å². The fourth-order valence-electron chi connectivity index (χ4n) is 2.99. The third-order valence-corrected chi connectivity index (χ3v) is 5.65. The van der Waals surface area contributed by atoms with Crippen LogP contribution in [0.15, 0.2) is 24.3 Å². The Kier molecular flexibility index (Phi) is 5.24. The van der Waals surface area contributed by atoms with E-state index in [1.165, 1.54) is 10.6 Å². The number of nitrogens with one attached hydrogen (secondary N) is 3. The highest BCUT2D eigenvalue weighted by Gasteiger charge is 2.25. The van der Waals surface area contributed by atoms with Crippen LogP contribution in [0.25, 0.3) is 11.0 Å². The average molecular weight is 365 g/mol. The highest BCUT2D eigenvalue weighted by Crippen LogP contribution is 2.13. The first kappa shape index (κ1) is 17.7. The Labute approximate surface area is 147 Å². The summed E-state index contributed by atoms with van der Waals surface area (Å²) in [6, 6.07) is 7.57. The number of amides is 2. The normalized spacial score (nSPS) is 16.8. The number of hydrogen-bond acceptors (Lipinski definition) is 4. The quantitative estimate of drug-likeness (QED) is 0.729. The van der Waals surface area contributed by atoms with Crippen LogP contribution in [0.5, 0.6) is 0 Å². The molecule has 8 nitrogen and oxygen atoms in total. The molecule has 1 fully saturated rings. The standard InChI is InChI=1S/C16H23N5O3S/c1-25(23,24)21-10-7-12(8-11-21)18-16(22)17-9-6-15-19-13-4-2-3-5-14(13)20-15/h2-5,12H,6-11H2,1H3,(H,19,20)(H2,17,18,22). The van der Waals surface area contributed by atoms with E-state index in [9.17, 15) is 13.2 Å². The molecule has 0 bridgehead atoms. The Balaban J connectivity index is 1.40. The lowest BCUT2D eigenvalue weighted by atomic mass is 10.1. The Morgan fingerprint density at radius 1 is 1.32 bits per heavy atom. The van der Waals surface area contributed by atoms with E-state index < -0.39 is 10.0 Å². The fourth-order valence-corrected chi connectivity index (χ4v) is 3.86. The van der Waals surface area contributed by atoms with Crippen LogP contribution < -0.4 is 10.6 Å². The topological polar surface area (TPSA) is 107 Å². The van der Waals surface area contributed by atoms with Crippen LogP contribution >= 0.6 is 0 Å². The number of para-hydroxylation sites is 2. The number of aromatic nitrogens is 2. The second kappa shape index (κ2) is 7.40. The maximum atomic E-state index is 12.0. The number of aromatic amines is 1. The van der Waals surface area contributed by atoms with Crippen molar-refractivity contribution in [1.82, 2.24) is 24.9 Å². The van der Waals surface area contributed by atoms with Gasteiger partial charge in [0.05, 0.1) is 17.3 Å². The van der Waals surface area contributed by atoms with Gasteiger partial charge in [0.25, 0.3) is 0 Å². The van der Waals surface area contributed by atoms with Crippen molar-refractivity contribution in [2.24, 2.45) is 0 Å². The van der Waals surface area contributed by atoms with E-state index in [1.54, 1.807) is 0 Å². The van der Waals surface area contributed by atoms with Gasteiger partial charge in [-0.25, -0.2) is 22.5 Å². The van der Waals surface area contributed by atoms with Gasteiger partial charge in [0.1, 0.15) is 5.82 Å². The molecule has 0 saturated carbocycles. The van der Waals surface area contributed by atoms with Crippen LogP contribution in [0.4, 0.5) is 4.79 Å². The highest BCUT2D eigenvalue weighted by atomic mass is 32.2. The molecular formula is C16H23N5O3S. The molecule has 0 radical (unpaired) electrons. The number of fused-ring (bicyclic) bond motifs is 1. The molecule has 0 spiro atoms. The number of rotatable bonds is 5. The van der Waals surface area contributed by atoms with Gasteiger partial charge in [0.2, 0.25) is 10.0 Å². The SMILES string of the molecule is CS(=O)(=O)N1CCC(NC(=O)NCCc2nc3ccccc3[nH]2)CC1. The van der Waals surface area contributed by atoms with E-state index in [1.807, 2.05) is 24.3 Å². The van der Waals surface area contributed by atoms with Gasteiger partial charge in [0.15, 0.2) is 0 Å². The predicted octanol–water partition coefficient (Wildman–Crippen LogP) is 0.829. The van der Waals surface area contributed by atoms with E-state index in [4.69, 9.17) is 0 Å². The Bertz CT molecular complexity index is 807. The van der Waals surface area contributed by atoms with Gasteiger partial charge in [-0.2, -0.15) is 0 Å². The molecule has 1 aromatic heterocycles. The summed E-state index contributed by atoms with van der Waals surface area (Å²) in [6.45, 7) is 1.37. The minimum atomic E-state index is -3.14. The van der Waals surface area contributed by atoms with E-state index in [-0.39, 0.29) is 12.1 Å². The zero-order chi connectivity index (χ0) is 17.9. The summed E-state index contributed by atoms with van der Waals surface area (Å²) in [5, 5.41) is 5.72. The van der Waals surface area contributed by atoms with Crippen LogP contribution in [-0.2, 0) is 16.4 Å². The van der Waals surface area contributed by atoms with Gasteiger partial charge in [-0.3, -0.25) is 0 Å². The summed E-state index contributed by atoms with van der Waals surface area (Å²) in [4.78, 5) is 19.7. The molecular weight excluding hydrogens is 342 g/mol. The van der Waals surface area contributed by atoms with Crippen LogP contribution in [0.2, 0.25) is 0 Å². The lowest BCUT2D eigenvalue weighted by Crippen LogP contribution is -2.49. The molecule has 9 heteroatoms. The number of carbonyl (C=O) groups is 1. The van der Waals surface area contributed by atoms with Crippen molar-refractivity contribution < 1.29 is 13.2 Å². The zero-order valence-corrected chi connectivity index (χ0v) is 15.0. The Morgan fingerprint density at radius 2 is 2.04 bits per heavy atom. The molecule has 3 N–H and O–H groups in total. The zero-order valence-electron chi connectivity index (χ0n) is 14.2. The summed E-state index contributed by atoms with van der Waals surface area (Å²) in [5.74, 6) is 0.836. The predicted molar refractivity (Wildman–Crippen MR) is 95.8 cm³/mol. The van der Waals surface area contributed by atoms with Gasteiger partial charge >= 0.3 is 6.03 Å². The van der Waals surface area contributed by atoms with Crippen molar-refractivity contribution >= 4 is 27.1 Å². The molecule has 2 amide bonds. The Hall–Kier alpha value is -2.13. The Morgan fingerprint density at radius 3 is 2.72 bits per heavy atom. The van der Waals surface area contributed by atoms with Crippen molar-refractivity contribution in [3.05, 3.63) is 30.1 Å². The maximum absolute atomic E-state index is 12.0. The van der Waals surface area contributed by atoms with Gasteiger partial charge in [-0.1, -0.05) is 12.1 Å². The van der Waals surface area contributed by atoms with Crippen LogP contribution in [0.1, 0.15) is 18.7 Å². The number of carbonyl (C=O) groups excluding carboxylic acids is 1. The molecule has 25 heavy (non-hydrogen) atoms. The smallest absolute Gasteiger partial charge is 0.315 e. The number of urea groups is 1. The molecule has 1 aliphatic rings. The number of hydrogen-bond donors (Lipinski definition) is 3. The summed E-state index contributed by atoms with van der Waals surface area (Å²) in [5.41, 5.74) is 1.90. The second-order valence-corrected chi connectivity index (χ2v) is 8.27. The van der Waals surface area contributed by atoms with Crippen LogP contribution in [-0.4, -0.2) is 60.7 Å². The molecule has 1 saturated heterocycles. The van der Waals surface area contributed by atoms with Gasteiger partial charge in [0, 0.05) is 32.1 Å². The van der Waals surface area contributed by atoms with Gasteiger partial charge in [-0.05, 0) is 25.0 Å². The van der Waals surface area contributed by atoms with Gasteiger partial charge < -0.3 is 15.6 Å². The highest BCUT2D eigenvalue weighted by molar-refractivity contribution is 7.88. The second-order valence-electron chi connectivity index (χ2n) is 6.29. The minimum Gasteiger partial charge on any atom is -0.342 e. The fraction of sp³-hybridized carbons (Fsp3) is 0.500. The lowest BCUT2D eigenvalue weighted by molar-refractivity contribution is 0.228. The van der Waals surface area contributed by atoms with E-state index in [0.29, 0.717) is 38.9 Å². The molecule has 0 unspecified atom stereocenters. The van der Waals surface area contributed by atoms with Crippen molar-refractivity contribution in [3.8, 4) is 0 Å². The molecule has 1 aromatic carbocycles. The maximum Gasteiger partial charge on any atom is 0.315 e. The number of imidazole rings is 1. The van der Waals surface area contributed by atoms with Crippen molar-refractivity contribution in [2.45, 2.75) is 25.3 Å². The molecule has 0 aliphatic carbocycles. The molecule has 1 aliphatic heterocycles. The van der Waals surface area contributed by atoms with Crippen LogP contribution in [0.3, 0.4) is 0 Å². The third-order valence-electron chi connectivity index (χ3n) is 4.34. The van der Waals surface area contributed by atoms with Crippen molar-refractivity contribution in [1.29, 1.82) is 0 Å². The first-order valence-corrected chi connectivity index (χ1v) is 10.2. The van der Waals surface area contributed by atoms with E-state index >= 15 is 0 Å². The van der Waals surface area contributed by atoms with Crippen LogP contribution in [0, 0.1) is 0 Å². The molecule has 2 heterocycles. The summed E-state index contributed by atoms with van der Waals surface area (Å²) >= 11 is 0. The number of nitrogens with zero attached hydrogens (tertiary/aromatic N) is 2. The number of H-pyrrole nitrogens is 1. The monoisotopic (exact) mass is 365 g/mol. The lowest BCUT2D eigenvalue weighted by Gasteiger charge is -2.30. The molecule has 0 atom stereocenters. The third kappa shape index (κ3) is 4.70. The number of piperidine rings is 1. The number of benzene rings is 1. The summed E-state index contributed by atoms with van der Waals surface area (Å²) in [6.07, 6.45) is 3.09. The molecule has 136 valence electrons. The summed E-state index contributed by atoms with van der Waals surface area (Å²) in [7, 11) is -3.14. The van der Waals surface area contributed by atoms with Crippen molar-refractivity contribution in [2.75, 3.05) is 25.9 Å². The van der Waals surface area contributed by atoms with E-state index in [0.717, 1.165) is 16.9 Å². The largest absolute Gasteiger partial charge is 0.342 e. The van der Waals surface area contributed by atoms with E-state index in [2.05, 4.69) is 20.6 Å². The molecule has 2 aromatic rings.